The van der Waals surface area contributed by atoms with Gasteiger partial charge in [0.15, 0.2) is 0 Å². The third-order valence-corrected chi connectivity index (χ3v) is 7.78. The van der Waals surface area contributed by atoms with Crippen molar-refractivity contribution in [2.75, 3.05) is 43.6 Å². The number of hydrogen-bond acceptors (Lipinski definition) is 7. The molecule has 1 aliphatic heterocycles. The molecule has 5 rings (SSSR count). The van der Waals surface area contributed by atoms with Gasteiger partial charge in [-0.05, 0) is 67.4 Å². The molecule has 1 saturated heterocycles. The molecular formula is C31H36N6O4. The average molecular weight is 557 g/mol. The van der Waals surface area contributed by atoms with E-state index in [1.807, 2.05) is 86.6 Å². The number of anilines is 2. The monoisotopic (exact) mass is 556 g/mol. The minimum absolute atomic E-state index is 0.0478. The molecule has 3 aromatic carbocycles. The largest absolute Gasteiger partial charge is 0.497 e. The van der Waals surface area contributed by atoms with Gasteiger partial charge in [0.05, 0.1) is 25.8 Å². The number of nitrogens with one attached hydrogen (secondary N) is 1. The van der Waals surface area contributed by atoms with E-state index in [0.29, 0.717) is 30.8 Å². The van der Waals surface area contributed by atoms with Crippen molar-refractivity contribution in [1.29, 1.82) is 0 Å². The number of carbonyl (C=O) groups is 2. The van der Waals surface area contributed by atoms with Gasteiger partial charge in [-0.2, -0.15) is 0 Å². The number of aromatic nitrogens is 3. The third kappa shape index (κ3) is 6.17. The Morgan fingerprint density at radius 3 is 2.41 bits per heavy atom. The van der Waals surface area contributed by atoms with Crippen LogP contribution >= 0.6 is 0 Å². The first kappa shape index (κ1) is 28.1. The van der Waals surface area contributed by atoms with Crippen molar-refractivity contribution in [3.05, 3.63) is 78.4 Å². The number of methoxy groups -OCH3 is 1. The maximum atomic E-state index is 14.0. The molecule has 0 bridgehead atoms. The van der Waals surface area contributed by atoms with Gasteiger partial charge in [-0.25, -0.2) is 4.68 Å². The lowest BCUT2D eigenvalue weighted by molar-refractivity contribution is -0.146. The second-order valence-electron chi connectivity index (χ2n) is 10.3. The first-order valence-corrected chi connectivity index (χ1v) is 13.9. The van der Waals surface area contributed by atoms with E-state index in [-0.39, 0.29) is 24.9 Å². The summed E-state index contributed by atoms with van der Waals surface area (Å²) in [4.78, 5) is 31.8. The number of carbonyl (C=O) groups excluding carboxylic acids is 2. The molecule has 0 saturated carbocycles. The van der Waals surface area contributed by atoms with Crippen molar-refractivity contribution >= 4 is 34.2 Å². The molecule has 214 valence electrons. The SMILES string of the molecule is CCC(C)(C(=O)Nc1ccc(N2CCOCC2)cc1)N(Cc1ccc(OC)cc1)C(=O)Cn1nnc2ccccc21. The molecule has 10 heteroatoms. The normalized spacial score (nSPS) is 14.9. The molecule has 1 atom stereocenters. The third-order valence-electron chi connectivity index (χ3n) is 7.78. The highest BCUT2D eigenvalue weighted by Gasteiger charge is 2.41. The van der Waals surface area contributed by atoms with Crippen LogP contribution in [0.5, 0.6) is 5.75 Å². The highest BCUT2D eigenvalue weighted by Crippen LogP contribution is 2.27. The molecule has 1 aliphatic rings. The summed E-state index contributed by atoms with van der Waals surface area (Å²) in [5.74, 6) is 0.223. The fourth-order valence-electron chi connectivity index (χ4n) is 5.02. The second-order valence-corrected chi connectivity index (χ2v) is 10.3. The minimum atomic E-state index is -1.14. The van der Waals surface area contributed by atoms with Crippen LogP contribution in [-0.4, -0.2) is 70.7 Å². The molecule has 0 aliphatic carbocycles. The summed E-state index contributed by atoms with van der Waals surface area (Å²) < 4.78 is 12.3. The van der Waals surface area contributed by atoms with E-state index in [9.17, 15) is 9.59 Å². The summed E-state index contributed by atoms with van der Waals surface area (Å²) in [6, 6.07) is 22.8. The number of benzene rings is 3. The number of amides is 2. The summed E-state index contributed by atoms with van der Waals surface area (Å²) in [5, 5.41) is 11.5. The van der Waals surface area contributed by atoms with E-state index in [1.54, 1.807) is 16.7 Å². The topological polar surface area (TPSA) is 102 Å². The Morgan fingerprint density at radius 1 is 1.02 bits per heavy atom. The molecule has 4 aromatic rings. The average Bonchev–Trinajstić information content (AvgIpc) is 3.43. The molecule has 2 amide bonds. The molecule has 2 heterocycles. The summed E-state index contributed by atoms with van der Waals surface area (Å²) >= 11 is 0. The van der Waals surface area contributed by atoms with E-state index in [0.717, 1.165) is 35.6 Å². The lowest BCUT2D eigenvalue weighted by atomic mass is 9.93. The van der Waals surface area contributed by atoms with Gasteiger partial charge in [-0.1, -0.05) is 36.4 Å². The number of rotatable bonds is 10. The van der Waals surface area contributed by atoms with E-state index in [2.05, 4.69) is 20.5 Å². The van der Waals surface area contributed by atoms with Crippen LogP contribution in [-0.2, 0) is 27.4 Å². The van der Waals surface area contributed by atoms with Gasteiger partial charge in [0, 0.05) is 31.0 Å². The fraction of sp³-hybridized carbons (Fsp3) is 0.355. The Kier molecular flexibility index (Phi) is 8.49. The lowest BCUT2D eigenvalue weighted by Crippen LogP contribution is -2.57. The molecule has 1 unspecified atom stereocenters. The van der Waals surface area contributed by atoms with E-state index < -0.39 is 5.54 Å². The molecule has 10 nitrogen and oxygen atoms in total. The van der Waals surface area contributed by atoms with Gasteiger partial charge in [-0.15, -0.1) is 5.10 Å². The number of hydrogen-bond donors (Lipinski definition) is 1. The molecule has 1 fully saturated rings. The van der Waals surface area contributed by atoms with Crippen LogP contribution in [0.25, 0.3) is 11.0 Å². The zero-order chi connectivity index (χ0) is 28.8. The minimum Gasteiger partial charge on any atom is -0.497 e. The van der Waals surface area contributed by atoms with E-state index in [4.69, 9.17) is 9.47 Å². The number of nitrogens with zero attached hydrogens (tertiary/aromatic N) is 5. The summed E-state index contributed by atoms with van der Waals surface area (Å²) in [6.45, 7) is 7.00. The molecule has 1 N–H and O–H groups in total. The van der Waals surface area contributed by atoms with Crippen molar-refractivity contribution in [1.82, 2.24) is 19.9 Å². The number of morpholine rings is 1. The molecular weight excluding hydrogens is 520 g/mol. The van der Waals surface area contributed by atoms with Gasteiger partial charge in [-0.3, -0.25) is 9.59 Å². The zero-order valence-electron chi connectivity index (χ0n) is 23.7. The van der Waals surface area contributed by atoms with Crippen LogP contribution in [0.2, 0.25) is 0 Å². The maximum absolute atomic E-state index is 14.0. The quantitative estimate of drug-likeness (QED) is 0.314. The van der Waals surface area contributed by atoms with Crippen molar-refractivity contribution in [3.63, 3.8) is 0 Å². The summed E-state index contributed by atoms with van der Waals surface area (Å²) in [5.41, 5.74) is 2.96. The zero-order valence-corrected chi connectivity index (χ0v) is 23.7. The summed E-state index contributed by atoms with van der Waals surface area (Å²) in [7, 11) is 1.61. The van der Waals surface area contributed by atoms with Crippen LogP contribution in [0.15, 0.2) is 72.8 Å². The van der Waals surface area contributed by atoms with Crippen molar-refractivity contribution < 1.29 is 19.1 Å². The highest BCUT2D eigenvalue weighted by molar-refractivity contribution is 6.00. The Bertz CT molecular complexity index is 1480. The summed E-state index contributed by atoms with van der Waals surface area (Å²) in [6.07, 6.45) is 0.407. The standard InChI is InChI=1S/C31H36N6O4/c1-4-31(2,30(39)32-24-11-13-25(14-12-24)35-17-19-41-20-18-35)36(21-23-9-15-26(40-3)16-10-23)29(38)22-37-28-8-6-5-7-27(28)33-34-37/h5-16H,4,17-22H2,1-3H3,(H,32,39). The van der Waals surface area contributed by atoms with Gasteiger partial charge in [0.1, 0.15) is 23.3 Å². The molecule has 41 heavy (non-hydrogen) atoms. The van der Waals surface area contributed by atoms with Gasteiger partial charge < -0.3 is 24.6 Å². The van der Waals surface area contributed by atoms with Crippen LogP contribution in [0, 0.1) is 0 Å². The second kappa shape index (κ2) is 12.4. The fourth-order valence-corrected chi connectivity index (χ4v) is 5.02. The number of ether oxygens (including phenoxy) is 2. The number of para-hydroxylation sites is 1. The van der Waals surface area contributed by atoms with Crippen LogP contribution in [0.1, 0.15) is 25.8 Å². The van der Waals surface area contributed by atoms with Crippen molar-refractivity contribution in [3.8, 4) is 5.75 Å². The molecule has 0 radical (unpaired) electrons. The van der Waals surface area contributed by atoms with Crippen molar-refractivity contribution in [2.45, 2.75) is 38.9 Å². The van der Waals surface area contributed by atoms with Crippen LogP contribution in [0.3, 0.4) is 0 Å². The first-order chi connectivity index (χ1) is 19.9. The highest BCUT2D eigenvalue weighted by atomic mass is 16.5. The van der Waals surface area contributed by atoms with Gasteiger partial charge in [0.25, 0.3) is 0 Å². The Balaban J connectivity index is 1.40. The predicted molar refractivity (Wildman–Crippen MR) is 158 cm³/mol. The van der Waals surface area contributed by atoms with E-state index >= 15 is 0 Å². The Hall–Kier alpha value is -4.44. The lowest BCUT2D eigenvalue weighted by Gasteiger charge is -2.39. The Labute approximate surface area is 239 Å². The molecule has 1 aromatic heterocycles. The van der Waals surface area contributed by atoms with Crippen LogP contribution in [0.4, 0.5) is 11.4 Å². The number of fused-ring (bicyclic) bond motifs is 1. The van der Waals surface area contributed by atoms with E-state index in [1.165, 1.54) is 0 Å². The first-order valence-electron chi connectivity index (χ1n) is 13.9. The smallest absolute Gasteiger partial charge is 0.250 e. The Morgan fingerprint density at radius 2 is 1.73 bits per heavy atom. The molecule has 0 spiro atoms. The predicted octanol–water partition coefficient (Wildman–Crippen LogP) is 4.11. The van der Waals surface area contributed by atoms with Crippen molar-refractivity contribution in [2.24, 2.45) is 0 Å². The van der Waals surface area contributed by atoms with Gasteiger partial charge >= 0.3 is 0 Å². The van der Waals surface area contributed by atoms with Gasteiger partial charge in [0.2, 0.25) is 11.8 Å². The maximum Gasteiger partial charge on any atom is 0.250 e. The van der Waals surface area contributed by atoms with Crippen LogP contribution < -0.4 is 15.0 Å².